The van der Waals surface area contributed by atoms with Crippen LogP contribution < -0.4 is 4.74 Å². The van der Waals surface area contributed by atoms with E-state index < -0.39 is 0 Å². The summed E-state index contributed by atoms with van der Waals surface area (Å²) in [5.41, 5.74) is 2.52. The SMILES string of the molecule is COc1ccc2c(c1)c1nnc(SCC(=O)N(C)C3CCCCC3)nc1n2C. The summed E-state index contributed by atoms with van der Waals surface area (Å²) in [5, 5.41) is 10.1. The molecule has 0 unspecified atom stereocenters. The van der Waals surface area contributed by atoms with Crippen molar-refractivity contribution in [1.82, 2.24) is 24.6 Å². The Kier molecular flexibility index (Phi) is 5.39. The molecule has 1 saturated carbocycles. The molecule has 0 radical (unpaired) electrons. The molecule has 4 rings (SSSR count). The average Bonchev–Trinajstić information content (AvgIpc) is 3.03. The molecule has 148 valence electrons. The van der Waals surface area contributed by atoms with Gasteiger partial charge in [-0.05, 0) is 31.0 Å². The van der Waals surface area contributed by atoms with Crippen LogP contribution in [0.25, 0.3) is 22.1 Å². The van der Waals surface area contributed by atoms with E-state index in [-0.39, 0.29) is 5.91 Å². The summed E-state index contributed by atoms with van der Waals surface area (Å²) in [6.07, 6.45) is 5.92. The lowest BCUT2D eigenvalue weighted by atomic mass is 9.94. The molecule has 1 aliphatic carbocycles. The second kappa shape index (κ2) is 7.95. The van der Waals surface area contributed by atoms with Crippen LogP contribution in [0.1, 0.15) is 32.1 Å². The molecule has 3 aromatic rings. The predicted molar refractivity (Wildman–Crippen MR) is 111 cm³/mol. The Balaban J connectivity index is 1.52. The highest BCUT2D eigenvalue weighted by atomic mass is 32.2. The monoisotopic (exact) mass is 399 g/mol. The van der Waals surface area contributed by atoms with E-state index >= 15 is 0 Å². The van der Waals surface area contributed by atoms with Gasteiger partial charge >= 0.3 is 0 Å². The molecule has 1 aromatic carbocycles. The van der Waals surface area contributed by atoms with E-state index in [0.29, 0.717) is 17.0 Å². The van der Waals surface area contributed by atoms with Gasteiger partial charge in [-0.15, -0.1) is 10.2 Å². The molecule has 1 aliphatic rings. The van der Waals surface area contributed by atoms with E-state index in [2.05, 4.69) is 15.2 Å². The largest absolute Gasteiger partial charge is 0.497 e. The molecular weight excluding hydrogens is 374 g/mol. The van der Waals surface area contributed by atoms with Gasteiger partial charge in [-0.3, -0.25) is 4.79 Å². The summed E-state index contributed by atoms with van der Waals surface area (Å²) >= 11 is 1.35. The maximum atomic E-state index is 12.6. The number of thioether (sulfide) groups is 1. The first-order valence-corrected chi connectivity index (χ1v) is 10.6. The fourth-order valence-corrected chi connectivity index (χ4v) is 4.62. The molecule has 0 bridgehead atoms. The van der Waals surface area contributed by atoms with Crippen molar-refractivity contribution >= 4 is 39.7 Å². The van der Waals surface area contributed by atoms with Crippen LogP contribution in [0, 0.1) is 0 Å². The lowest BCUT2D eigenvalue weighted by Gasteiger charge is -2.31. The molecule has 2 aromatic heterocycles. The molecular formula is C20H25N5O2S. The van der Waals surface area contributed by atoms with Gasteiger partial charge in [0, 0.05) is 25.5 Å². The van der Waals surface area contributed by atoms with Crippen LogP contribution in [0.4, 0.5) is 0 Å². The third kappa shape index (κ3) is 3.53. The second-order valence-corrected chi connectivity index (χ2v) is 8.24. The number of carbonyl (C=O) groups excluding carboxylic acids is 1. The van der Waals surface area contributed by atoms with Gasteiger partial charge in [-0.1, -0.05) is 31.0 Å². The van der Waals surface area contributed by atoms with Gasteiger partial charge in [0.2, 0.25) is 11.1 Å². The van der Waals surface area contributed by atoms with Crippen LogP contribution in [0.2, 0.25) is 0 Å². The summed E-state index contributed by atoms with van der Waals surface area (Å²) in [5.74, 6) is 1.23. The summed E-state index contributed by atoms with van der Waals surface area (Å²) in [6.45, 7) is 0. The Bertz CT molecular complexity index is 1010. The summed E-state index contributed by atoms with van der Waals surface area (Å²) in [7, 11) is 5.52. The summed E-state index contributed by atoms with van der Waals surface area (Å²) in [4.78, 5) is 19.1. The molecule has 2 heterocycles. The van der Waals surface area contributed by atoms with Crippen molar-refractivity contribution in [1.29, 1.82) is 0 Å². The highest BCUT2D eigenvalue weighted by molar-refractivity contribution is 7.99. The van der Waals surface area contributed by atoms with Crippen LogP contribution in [0.15, 0.2) is 23.4 Å². The number of nitrogens with zero attached hydrogens (tertiary/aromatic N) is 5. The first-order chi connectivity index (χ1) is 13.6. The number of hydrogen-bond acceptors (Lipinski definition) is 6. The Morgan fingerprint density at radius 3 is 2.82 bits per heavy atom. The predicted octanol–water partition coefficient (Wildman–Crippen LogP) is 3.41. The maximum Gasteiger partial charge on any atom is 0.233 e. The third-order valence-electron chi connectivity index (χ3n) is 5.63. The minimum atomic E-state index is 0.127. The number of aromatic nitrogens is 4. The Morgan fingerprint density at radius 2 is 2.07 bits per heavy atom. The first kappa shape index (κ1) is 19.0. The third-order valence-corrected chi connectivity index (χ3v) is 6.45. The molecule has 7 nitrogen and oxygen atoms in total. The molecule has 0 N–H and O–H groups in total. The van der Waals surface area contributed by atoms with Crippen molar-refractivity contribution in [2.75, 3.05) is 19.9 Å². The van der Waals surface area contributed by atoms with Gasteiger partial charge in [0.25, 0.3) is 0 Å². The van der Waals surface area contributed by atoms with E-state index in [9.17, 15) is 4.79 Å². The Morgan fingerprint density at radius 1 is 1.29 bits per heavy atom. The molecule has 0 aliphatic heterocycles. The summed E-state index contributed by atoms with van der Waals surface area (Å²) < 4.78 is 7.32. The molecule has 0 spiro atoms. The molecule has 8 heteroatoms. The highest BCUT2D eigenvalue weighted by Gasteiger charge is 2.22. The minimum absolute atomic E-state index is 0.127. The zero-order valence-corrected chi connectivity index (χ0v) is 17.3. The number of rotatable bonds is 5. The van der Waals surface area contributed by atoms with Crippen LogP contribution in [-0.4, -0.2) is 56.5 Å². The van der Waals surface area contributed by atoms with E-state index in [0.717, 1.165) is 40.7 Å². The van der Waals surface area contributed by atoms with Crippen molar-refractivity contribution < 1.29 is 9.53 Å². The van der Waals surface area contributed by atoms with Crippen molar-refractivity contribution in [3.05, 3.63) is 18.2 Å². The standard InChI is InChI=1S/C20H25N5O2S/c1-24(13-7-5-4-6-8-13)17(26)12-28-20-21-19-18(22-23-20)15-11-14(27-3)9-10-16(15)25(19)2/h9-11,13H,4-8,12H2,1-3H3. The van der Waals surface area contributed by atoms with Crippen molar-refractivity contribution in [3.8, 4) is 5.75 Å². The zero-order chi connectivity index (χ0) is 19.7. The van der Waals surface area contributed by atoms with Crippen LogP contribution in [-0.2, 0) is 11.8 Å². The van der Waals surface area contributed by atoms with E-state index in [1.54, 1.807) is 7.11 Å². The lowest BCUT2D eigenvalue weighted by Crippen LogP contribution is -2.39. The van der Waals surface area contributed by atoms with Gasteiger partial charge in [0.05, 0.1) is 18.4 Å². The number of hydrogen-bond donors (Lipinski definition) is 0. The summed E-state index contributed by atoms with van der Waals surface area (Å²) in [6, 6.07) is 6.23. The highest BCUT2D eigenvalue weighted by Crippen LogP contribution is 2.29. The van der Waals surface area contributed by atoms with Gasteiger partial charge in [-0.25, -0.2) is 4.98 Å². The Hall–Kier alpha value is -2.35. The van der Waals surface area contributed by atoms with E-state index in [4.69, 9.17) is 4.74 Å². The maximum absolute atomic E-state index is 12.6. The van der Waals surface area contributed by atoms with Gasteiger partial charge in [0.15, 0.2) is 5.65 Å². The molecule has 1 amide bonds. The molecule has 1 fully saturated rings. The van der Waals surface area contributed by atoms with Crippen molar-refractivity contribution in [3.63, 3.8) is 0 Å². The van der Waals surface area contributed by atoms with Gasteiger partial charge in [-0.2, -0.15) is 0 Å². The number of carbonyl (C=O) groups is 1. The number of ether oxygens (including phenoxy) is 1. The Labute approximate surface area is 168 Å². The van der Waals surface area contributed by atoms with Crippen LogP contribution in [0.5, 0.6) is 5.75 Å². The number of amides is 1. The quantitative estimate of drug-likeness (QED) is 0.612. The molecule has 0 atom stereocenters. The van der Waals surface area contributed by atoms with Crippen LogP contribution >= 0.6 is 11.8 Å². The molecule has 0 saturated heterocycles. The van der Waals surface area contributed by atoms with E-state index in [1.807, 2.05) is 41.8 Å². The van der Waals surface area contributed by atoms with Crippen molar-refractivity contribution in [2.45, 2.75) is 43.3 Å². The van der Waals surface area contributed by atoms with E-state index in [1.165, 1.54) is 31.0 Å². The molecule has 28 heavy (non-hydrogen) atoms. The van der Waals surface area contributed by atoms with Crippen LogP contribution in [0.3, 0.4) is 0 Å². The van der Waals surface area contributed by atoms with Gasteiger partial charge < -0.3 is 14.2 Å². The normalized spacial score (nSPS) is 15.2. The number of methoxy groups -OCH3 is 1. The minimum Gasteiger partial charge on any atom is -0.497 e. The topological polar surface area (TPSA) is 73.1 Å². The second-order valence-electron chi connectivity index (χ2n) is 7.29. The fraction of sp³-hybridized carbons (Fsp3) is 0.500. The smallest absolute Gasteiger partial charge is 0.233 e. The first-order valence-electron chi connectivity index (χ1n) is 9.64. The average molecular weight is 400 g/mol. The van der Waals surface area contributed by atoms with Crippen molar-refractivity contribution in [2.24, 2.45) is 7.05 Å². The number of benzene rings is 1. The zero-order valence-electron chi connectivity index (χ0n) is 16.5. The number of fused-ring (bicyclic) bond motifs is 3. The van der Waals surface area contributed by atoms with Gasteiger partial charge in [0.1, 0.15) is 11.3 Å². The fourth-order valence-electron chi connectivity index (χ4n) is 3.91. The lowest BCUT2D eigenvalue weighted by molar-refractivity contribution is -0.129. The number of aryl methyl sites for hydroxylation is 1.